The van der Waals surface area contributed by atoms with E-state index in [9.17, 15) is 4.79 Å². The molecule has 4 aromatic rings. The highest BCUT2D eigenvalue weighted by molar-refractivity contribution is 7.22. The van der Waals surface area contributed by atoms with Crippen molar-refractivity contribution in [1.29, 1.82) is 0 Å². The molecule has 4 rings (SSSR count). The molecule has 8 heteroatoms. The quantitative estimate of drug-likeness (QED) is 0.324. The van der Waals surface area contributed by atoms with Crippen molar-refractivity contribution >= 4 is 32.6 Å². The highest BCUT2D eigenvalue weighted by atomic mass is 32.1. The molecule has 0 unspecified atom stereocenters. The van der Waals surface area contributed by atoms with Crippen LogP contribution in [0, 0.1) is 13.8 Å². The minimum Gasteiger partial charge on any atom is -0.497 e. The van der Waals surface area contributed by atoms with Crippen LogP contribution in [0.4, 0.5) is 5.13 Å². The van der Waals surface area contributed by atoms with E-state index in [0.717, 1.165) is 27.4 Å². The lowest BCUT2D eigenvalue weighted by Crippen LogP contribution is -2.37. The standard InChI is InChI=1S/C26H30N4O3S/c1-17(2)22-7-6-8-23-25(22)27-26(34-23)29(13-14-30-19(4)15-18(3)28-30)24(31)16-33-21-11-9-20(32-5)10-12-21/h6-12,15,17H,13-14,16H2,1-5H3. The Labute approximate surface area is 203 Å². The maximum absolute atomic E-state index is 13.4. The molecule has 2 aromatic heterocycles. The number of fused-ring (bicyclic) bond motifs is 1. The fourth-order valence-corrected chi connectivity index (χ4v) is 4.90. The highest BCUT2D eigenvalue weighted by Crippen LogP contribution is 2.33. The number of carbonyl (C=O) groups is 1. The molecule has 2 aromatic carbocycles. The third-order valence-corrected chi connectivity index (χ3v) is 6.70. The number of nitrogens with zero attached hydrogens (tertiary/aromatic N) is 4. The third-order valence-electron chi connectivity index (χ3n) is 5.65. The Morgan fingerprint density at radius 1 is 1.12 bits per heavy atom. The number of ether oxygens (including phenoxy) is 2. The molecule has 7 nitrogen and oxygen atoms in total. The Morgan fingerprint density at radius 3 is 2.50 bits per heavy atom. The molecule has 0 atom stereocenters. The Bertz CT molecular complexity index is 1280. The fourth-order valence-electron chi connectivity index (χ4n) is 3.86. The fraction of sp³-hybridized carbons (Fsp3) is 0.346. The van der Waals surface area contributed by atoms with Gasteiger partial charge in [-0.15, -0.1) is 0 Å². The first-order valence-electron chi connectivity index (χ1n) is 11.3. The number of anilines is 1. The SMILES string of the molecule is COc1ccc(OCC(=O)N(CCn2nc(C)cc2C)c2nc3c(C(C)C)cccc3s2)cc1. The van der Waals surface area contributed by atoms with E-state index in [1.54, 1.807) is 36.3 Å². The van der Waals surface area contributed by atoms with Crippen molar-refractivity contribution in [2.24, 2.45) is 0 Å². The predicted molar refractivity (Wildman–Crippen MR) is 136 cm³/mol. The van der Waals surface area contributed by atoms with Gasteiger partial charge in [0.05, 0.1) is 29.6 Å². The molecule has 0 saturated carbocycles. The number of para-hydroxylation sites is 1. The van der Waals surface area contributed by atoms with Gasteiger partial charge in [0.2, 0.25) is 0 Å². The lowest BCUT2D eigenvalue weighted by atomic mass is 10.0. The summed E-state index contributed by atoms with van der Waals surface area (Å²) in [6.45, 7) is 9.23. The van der Waals surface area contributed by atoms with Crippen LogP contribution in [0.15, 0.2) is 48.5 Å². The van der Waals surface area contributed by atoms with Crippen LogP contribution in [-0.4, -0.2) is 40.9 Å². The van der Waals surface area contributed by atoms with Crippen LogP contribution in [-0.2, 0) is 11.3 Å². The summed E-state index contributed by atoms with van der Waals surface area (Å²) in [6.07, 6.45) is 0. The molecule has 0 aliphatic rings. The number of rotatable bonds is 9. The van der Waals surface area contributed by atoms with Crippen molar-refractivity contribution in [3.63, 3.8) is 0 Å². The average molecular weight is 479 g/mol. The monoisotopic (exact) mass is 478 g/mol. The minimum absolute atomic E-state index is 0.0869. The van der Waals surface area contributed by atoms with Crippen molar-refractivity contribution in [3.8, 4) is 11.5 Å². The summed E-state index contributed by atoms with van der Waals surface area (Å²) in [5.74, 6) is 1.54. The lowest BCUT2D eigenvalue weighted by Gasteiger charge is -2.20. The molecule has 0 fully saturated rings. The molecule has 1 amide bonds. The summed E-state index contributed by atoms with van der Waals surface area (Å²) >= 11 is 1.53. The molecular weight excluding hydrogens is 448 g/mol. The predicted octanol–water partition coefficient (Wildman–Crippen LogP) is 5.35. The summed E-state index contributed by atoms with van der Waals surface area (Å²) in [6, 6.07) is 15.4. The molecule has 0 N–H and O–H groups in total. The van der Waals surface area contributed by atoms with Crippen LogP contribution >= 0.6 is 11.3 Å². The Balaban J connectivity index is 1.59. The van der Waals surface area contributed by atoms with Gasteiger partial charge < -0.3 is 9.47 Å². The molecule has 0 aliphatic heterocycles. The van der Waals surface area contributed by atoms with E-state index in [4.69, 9.17) is 14.5 Å². The van der Waals surface area contributed by atoms with Crippen LogP contribution < -0.4 is 14.4 Å². The number of benzene rings is 2. The second kappa shape index (κ2) is 10.3. The maximum atomic E-state index is 13.4. The van der Waals surface area contributed by atoms with Gasteiger partial charge in [-0.1, -0.05) is 37.3 Å². The number of hydrogen-bond acceptors (Lipinski definition) is 6. The lowest BCUT2D eigenvalue weighted by molar-refractivity contribution is -0.120. The van der Waals surface area contributed by atoms with Crippen molar-refractivity contribution in [3.05, 3.63) is 65.5 Å². The van der Waals surface area contributed by atoms with E-state index in [1.807, 2.05) is 24.6 Å². The van der Waals surface area contributed by atoms with Crippen LogP contribution in [0.2, 0.25) is 0 Å². The van der Waals surface area contributed by atoms with Crippen molar-refractivity contribution in [2.45, 2.75) is 40.2 Å². The van der Waals surface area contributed by atoms with E-state index >= 15 is 0 Å². The van der Waals surface area contributed by atoms with Gasteiger partial charge in [-0.25, -0.2) is 4.98 Å². The molecule has 0 aliphatic carbocycles. The van der Waals surface area contributed by atoms with Crippen molar-refractivity contribution < 1.29 is 14.3 Å². The molecular formula is C26H30N4O3S. The van der Waals surface area contributed by atoms with Gasteiger partial charge in [0.1, 0.15) is 11.5 Å². The second-order valence-electron chi connectivity index (χ2n) is 8.50. The molecule has 2 heterocycles. The van der Waals surface area contributed by atoms with E-state index in [0.29, 0.717) is 29.9 Å². The van der Waals surface area contributed by atoms with Gasteiger partial charge in [-0.2, -0.15) is 5.10 Å². The summed E-state index contributed by atoms with van der Waals surface area (Å²) in [5.41, 5.74) is 4.16. The number of carbonyl (C=O) groups excluding carboxylic acids is 1. The topological polar surface area (TPSA) is 69.5 Å². The normalized spacial score (nSPS) is 11.2. The van der Waals surface area contributed by atoms with Crippen LogP contribution in [0.3, 0.4) is 0 Å². The van der Waals surface area contributed by atoms with Gasteiger partial charge in [0, 0.05) is 12.2 Å². The molecule has 34 heavy (non-hydrogen) atoms. The van der Waals surface area contributed by atoms with E-state index in [-0.39, 0.29) is 12.5 Å². The number of aromatic nitrogens is 3. The zero-order valence-electron chi connectivity index (χ0n) is 20.2. The van der Waals surface area contributed by atoms with Gasteiger partial charge in [0.25, 0.3) is 5.91 Å². The molecule has 178 valence electrons. The van der Waals surface area contributed by atoms with Gasteiger partial charge >= 0.3 is 0 Å². The molecule has 0 bridgehead atoms. The number of thiazole rings is 1. The number of methoxy groups -OCH3 is 1. The molecule has 0 radical (unpaired) electrons. The van der Waals surface area contributed by atoms with Crippen LogP contribution in [0.5, 0.6) is 11.5 Å². The van der Waals surface area contributed by atoms with E-state index in [1.165, 1.54) is 16.9 Å². The van der Waals surface area contributed by atoms with Gasteiger partial charge in [0.15, 0.2) is 11.7 Å². The van der Waals surface area contributed by atoms with Crippen molar-refractivity contribution in [2.75, 3.05) is 25.2 Å². The first-order chi connectivity index (χ1) is 16.4. The number of amides is 1. The van der Waals surface area contributed by atoms with Gasteiger partial charge in [-0.3, -0.25) is 14.4 Å². The van der Waals surface area contributed by atoms with Gasteiger partial charge in [-0.05, 0) is 61.7 Å². The van der Waals surface area contributed by atoms with Crippen molar-refractivity contribution in [1.82, 2.24) is 14.8 Å². The van der Waals surface area contributed by atoms with Crippen LogP contribution in [0.1, 0.15) is 36.7 Å². The first-order valence-corrected chi connectivity index (χ1v) is 12.1. The second-order valence-corrected chi connectivity index (χ2v) is 9.51. The summed E-state index contributed by atoms with van der Waals surface area (Å²) in [5, 5.41) is 5.22. The molecule has 0 saturated heterocycles. The Kier molecular flexibility index (Phi) is 7.17. The smallest absolute Gasteiger partial charge is 0.266 e. The maximum Gasteiger partial charge on any atom is 0.266 e. The largest absolute Gasteiger partial charge is 0.497 e. The average Bonchev–Trinajstić information content (AvgIpc) is 3.39. The Morgan fingerprint density at radius 2 is 1.85 bits per heavy atom. The molecule has 0 spiro atoms. The zero-order valence-corrected chi connectivity index (χ0v) is 21.1. The minimum atomic E-state index is -0.150. The van der Waals surface area contributed by atoms with E-state index in [2.05, 4.69) is 37.1 Å². The Hall–Kier alpha value is -3.39. The number of aryl methyl sites for hydroxylation is 2. The summed E-state index contributed by atoms with van der Waals surface area (Å²) in [7, 11) is 1.61. The number of hydrogen-bond donors (Lipinski definition) is 0. The first kappa shape index (κ1) is 23.8. The highest BCUT2D eigenvalue weighted by Gasteiger charge is 2.22. The summed E-state index contributed by atoms with van der Waals surface area (Å²) < 4.78 is 14.0. The van der Waals surface area contributed by atoms with Crippen LogP contribution in [0.25, 0.3) is 10.2 Å². The summed E-state index contributed by atoms with van der Waals surface area (Å²) in [4.78, 5) is 20.0. The third kappa shape index (κ3) is 5.22. The zero-order chi connectivity index (χ0) is 24.2. The van der Waals surface area contributed by atoms with E-state index < -0.39 is 0 Å².